The molecule has 26 heavy (non-hydrogen) atoms. The topological polar surface area (TPSA) is 53.5 Å². The summed E-state index contributed by atoms with van der Waals surface area (Å²) >= 11 is 5.96. The molecule has 2 amide bonds. The molecule has 1 aliphatic rings. The Balaban J connectivity index is 1.61. The average molecular weight is 372 g/mol. The van der Waals surface area contributed by atoms with E-state index >= 15 is 0 Å². The number of aromatic nitrogens is 1. The van der Waals surface area contributed by atoms with Gasteiger partial charge in [0.15, 0.2) is 0 Å². The van der Waals surface area contributed by atoms with Gasteiger partial charge in [-0.05, 0) is 35.7 Å². The Bertz CT molecular complexity index is 797. The number of rotatable bonds is 3. The molecule has 1 aliphatic heterocycles. The molecule has 2 heterocycles. The van der Waals surface area contributed by atoms with Crippen LogP contribution in [-0.4, -0.2) is 52.8 Å². The molecule has 0 atom stereocenters. The van der Waals surface area contributed by atoms with Gasteiger partial charge >= 0.3 is 0 Å². The van der Waals surface area contributed by atoms with Gasteiger partial charge in [-0.15, -0.1) is 0 Å². The van der Waals surface area contributed by atoms with E-state index in [1.807, 2.05) is 6.07 Å². The minimum Gasteiger partial charge on any atom is -0.335 e. The van der Waals surface area contributed by atoms with E-state index in [0.29, 0.717) is 48.4 Å². The lowest BCUT2D eigenvalue weighted by Crippen LogP contribution is -2.50. The van der Waals surface area contributed by atoms with Gasteiger partial charge in [0.05, 0.1) is 0 Å². The second-order valence-corrected chi connectivity index (χ2v) is 7.16. The monoisotopic (exact) mass is 371 g/mol. The van der Waals surface area contributed by atoms with Crippen molar-refractivity contribution < 1.29 is 9.59 Å². The summed E-state index contributed by atoms with van der Waals surface area (Å²) in [5.41, 5.74) is 2.13. The molecule has 1 aromatic heterocycles. The first-order valence-corrected chi connectivity index (χ1v) is 9.13. The number of hydrogen-bond acceptors (Lipinski definition) is 3. The highest BCUT2D eigenvalue weighted by molar-refractivity contribution is 6.30. The highest BCUT2D eigenvalue weighted by atomic mass is 35.5. The molecule has 0 saturated carbocycles. The number of pyridine rings is 1. The minimum atomic E-state index is -0.0878. The second-order valence-electron chi connectivity index (χ2n) is 6.73. The molecule has 0 bridgehead atoms. The molecule has 5 nitrogen and oxygen atoms in total. The third-order valence-electron chi connectivity index (χ3n) is 4.60. The molecular weight excluding hydrogens is 350 g/mol. The molecule has 0 aliphatic carbocycles. The SMILES string of the molecule is CC(C)c1ccc(C(=O)N2CCN(C(=O)c3cccc(Cl)c3)CC2)nc1. The number of carbonyl (C=O) groups excluding carboxylic acids is 2. The lowest BCUT2D eigenvalue weighted by atomic mass is 10.1. The third-order valence-corrected chi connectivity index (χ3v) is 4.83. The lowest BCUT2D eigenvalue weighted by Gasteiger charge is -2.34. The molecule has 1 fully saturated rings. The van der Waals surface area contributed by atoms with Crippen LogP contribution in [0.15, 0.2) is 42.6 Å². The highest BCUT2D eigenvalue weighted by Crippen LogP contribution is 2.16. The third kappa shape index (κ3) is 4.05. The van der Waals surface area contributed by atoms with E-state index in [2.05, 4.69) is 18.8 Å². The normalized spacial score (nSPS) is 14.6. The minimum absolute atomic E-state index is 0.0565. The summed E-state index contributed by atoms with van der Waals surface area (Å²) in [5, 5.41) is 0.542. The quantitative estimate of drug-likeness (QED) is 0.830. The van der Waals surface area contributed by atoms with Crippen molar-refractivity contribution in [2.45, 2.75) is 19.8 Å². The first-order valence-electron chi connectivity index (χ1n) is 8.76. The molecule has 1 aromatic carbocycles. The molecule has 0 N–H and O–H groups in total. The van der Waals surface area contributed by atoms with Gasteiger partial charge in [-0.1, -0.05) is 37.6 Å². The predicted molar refractivity (Wildman–Crippen MR) is 102 cm³/mol. The number of piperazine rings is 1. The summed E-state index contributed by atoms with van der Waals surface area (Å²) in [4.78, 5) is 33.0. The molecule has 0 unspecified atom stereocenters. The van der Waals surface area contributed by atoms with Crippen molar-refractivity contribution in [2.24, 2.45) is 0 Å². The van der Waals surface area contributed by atoms with Gasteiger partial charge in [-0.25, -0.2) is 0 Å². The zero-order valence-corrected chi connectivity index (χ0v) is 15.7. The van der Waals surface area contributed by atoms with Gasteiger partial charge in [-0.2, -0.15) is 0 Å². The van der Waals surface area contributed by atoms with Crippen molar-refractivity contribution >= 4 is 23.4 Å². The van der Waals surface area contributed by atoms with Crippen LogP contribution < -0.4 is 0 Å². The van der Waals surface area contributed by atoms with Crippen LogP contribution in [0.5, 0.6) is 0 Å². The van der Waals surface area contributed by atoms with Crippen LogP contribution in [0.1, 0.15) is 46.2 Å². The highest BCUT2D eigenvalue weighted by Gasteiger charge is 2.26. The van der Waals surface area contributed by atoms with Crippen LogP contribution >= 0.6 is 11.6 Å². The van der Waals surface area contributed by atoms with E-state index in [1.165, 1.54) is 0 Å². The Hall–Kier alpha value is -2.40. The van der Waals surface area contributed by atoms with Crippen molar-refractivity contribution in [1.82, 2.24) is 14.8 Å². The van der Waals surface area contributed by atoms with Crippen molar-refractivity contribution in [2.75, 3.05) is 26.2 Å². The average Bonchev–Trinajstić information content (AvgIpc) is 2.67. The molecule has 6 heteroatoms. The Kier molecular flexibility index (Phi) is 5.57. The van der Waals surface area contributed by atoms with E-state index < -0.39 is 0 Å². The lowest BCUT2D eigenvalue weighted by molar-refractivity contribution is 0.0532. The van der Waals surface area contributed by atoms with E-state index in [-0.39, 0.29) is 11.8 Å². The second kappa shape index (κ2) is 7.87. The maximum Gasteiger partial charge on any atom is 0.272 e. The number of halogens is 1. The first-order chi connectivity index (χ1) is 12.5. The van der Waals surface area contributed by atoms with Crippen LogP contribution in [0, 0.1) is 0 Å². The Morgan fingerprint density at radius 3 is 2.19 bits per heavy atom. The fourth-order valence-corrected chi connectivity index (χ4v) is 3.14. The fourth-order valence-electron chi connectivity index (χ4n) is 2.95. The number of carbonyl (C=O) groups is 2. The van der Waals surface area contributed by atoms with E-state index in [4.69, 9.17) is 11.6 Å². The molecule has 1 saturated heterocycles. The molecule has 0 radical (unpaired) electrons. The van der Waals surface area contributed by atoms with Crippen molar-refractivity contribution in [1.29, 1.82) is 0 Å². The Morgan fingerprint density at radius 2 is 1.65 bits per heavy atom. The first kappa shape index (κ1) is 18.4. The largest absolute Gasteiger partial charge is 0.335 e. The van der Waals surface area contributed by atoms with E-state index in [1.54, 1.807) is 46.3 Å². The van der Waals surface area contributed by atoms with E-state index in [0.717, 1.165) is 5.56 Å². The zero-order valence-electron chi connectivity index (χ0n) is 15.0. The summed E-state index contributed by atoms with van der Waals surface area (Å²) in [6.45, 7) is 6.18. The fraction of sp³-hybridized carbons (Fsp3) is 0.350. The van der Waals surface area contributed by atoms with Gasteiger partial charge in [0.25, 0.3) is 11.8 Å². The van der Waals surface area contributed by atoms with Crippen LogP contribution in [0.25, 0.3) is 0 Å². The maximum atomic E-state index is 12.6. The van der Waals surface area contributed by atoms with Crippen molar-refractivity contribution in [3.63, 3.8) is 0 Å². The van der Waals surface area contributed by atoms with Crippen LogP contribution in [0.3, 0.4) is 0 Å². The van der Waals surface area contributed by atoms with Gasteiger partial charge in [0.1, 0.15) is 5.69 Å². The van der Waals surface area contributed by atoms with E-state index in [9.17, 15) is 9.59 Å². The van der Waals surface area contributed by atoms with Gasteiger partial charge in [0, 0.05) is 43.0 Å². The Morgan fingerprint density at radius 1 is 1.00 bits per heavy atom. The number of amides is 2. The maximum absolute atomic E-state index is 12.6. The zero-order chi connectivity index (χ0) is 18.7. The summed E-state index contributed by atoms with van der Waals surface area (Å²) in [7, 11) is 0. The summed E-state index contributed by atoms with van der Waals surface area (Å²) < 4.78 is 0. The van der Waals surface area contributed by atoms with Gasteiger partial charge in [0.2, 0.25) is 0 Å². The molecular formula is C20H22ClN3O2. The number of nitrogens with zero attached hydrogens (tertiary/aromatic N) is 3. The Labute approximate surface area is 158 Å². The summed E-state index contributed by atoms with van der Waals surface area (Å²) in [6, 6.07) is 10.7. The molecule has 2 aromatic rings. The van der Waals surface area contributed by atoms with Crippen LogP contribution in [-0.2, 0) is 0 Å². The van der Waals surface area contributed by atoms with Gasteiger partial charge < -0.3 is 9.80 Å². The smallest absolute Gasteiger partial charge is 0.272 e. The van der Waals surface area contributed by atoms with Crippen LogP contribution in [0.2, 0.25) is 5.02 Å². The number of benzene rings is 1. The number of hydrogen-bond donors (Lipinski definition) is 0. The summed E-state index contributed by atoms with van der Waals surface area (Å²) in [6.07, 6.45) is 1.76. The molecule has 0 spiro atoms. The predicted octanol–water partition coefficient (Wildman–Crippen LogP) is 3.46. The van der Waals surface area contributed by atoms with Crippen LogP contribution in [0.4, 0.5) is 0 Å². The standard InChI is InChI=1S/C20H22ClN3O2/c1-14(2)16-6-7-18(22-13-16)20(26)24-10-8-23(9-11-24)19(25)15-4-3-5-17(21)12-15/h3-7,12-14H,8-11H2,1-2H3. The molecule has 136 valence electrons. The molecule has 3 rings (SSSR count). The van der Waals surface area contributed by atoms with Crippen molar-refractivity contribution in [3.8, 4) is 0 Å². The summed E-state index contributed by atoms with van der Waals surface area (Å²) in [5.74, 6) is 0.238. The van der Waals surface area contributed by atoms with Crippen molar-refractivity contribution in [3.05, 3.63) is 64.4 Å². The van der Waals surface area contributed by atoms with Gasteiger partial charge in [-0.3, -0.25) is 14.6 Å².